The smallest absolute Gasteiger partial charge is 0.191 e. The number of rotatable bonds is 4. The first-order chi connectivity index (χ1) is 13.5. The van der Waals surface area contributed by atoms with Crippen LogP contribution >= 0.6 is 0 Å². The molecule has 0 bridgehead atoms. The van der Waals surface area contributed by atoms with E-state index in [1.807, 2.05) is 6.07 Å². The second-order valence-electron chi connectivity index (χ2n) is 8.77. The number of hydrogen-bond acceptors (Lipinski definition) is 4. The highest BCUT2D eigenvalue weighted by Crippen LogP contribution is 2.39. The summed E-state index contributed by atoms with van der Waals surface area (Å²) in [6, 6.07) is 9.10. The molecular formula is C22H34N4O2. The molecule has 3 aliphatic heterocycles. The van der Waals surface area contributed by atoms with E-state index in [4.69, 9.17) is 14.5 Å². The number of para-hydroxylation sites is 1. The third-order valence-electron chi connectivity index (χ3n) is 5.95. The molecule has 3 atom stereocenters. The van der Waals surface area contributed by atoms with Gasteiger partial charge in [0.1, 0.15) is 11.4 Å². The van der Waals surface area contributed by atoms with Gasteiger partial charge in [0, 0.05) is 31.1 Å². The lowest BCUT2D eigenvalue weighted by atomic mass is 9.90. The first kappa shape index (κ1) is 19.5. The van der Waals surface area contributed by atoms with Crippen molar-refractivity contribution in [1.29, 1.82) is 0 Å². The lowest BCUT2D eigenvalue weighted by Crippen LogP contribution is -2.48. The fourth-order valence-corrected chi connectivity index (χ4v) is 4.61. The van der Waals surface area contributed by atoms with Crippen LogP contribution < -0.4 is 15.4 Å². The zero-order valence-electron chi connectivity index (χ0n) is 17.4. The van der Waals surface area contributed by atoms with Gasteiger partial charge in [0.05, 0.1) is 25.3 Å². The normalized spacial score (nSPS) is 29.5. The van der Waals surface area contributed by atoms with E-state index in [2.05, 4.69) is 54.5 Å². The molecule has 0 spiro atoms. The van der Waals surface area contributed by atoms with Crippen molar-refractivity contribution >= 4 is 5.96 Å². The van der Waals surface area contributed by atoms with E-state index in [1.54, 1.807) is 0 Å². The summed E-state index contributed by atoms with van der Waals surface area (Å²) in [5.74, 6) is 1.81. The average Bonchev–Trinajstić information content (AvgIpc) is 3.13. The fourth-order valence-electron chi connectivity index (χ4n) is 4.61. The molecule has 28 heavy (non-hydrogen) atoms. The van der Waals surface area contributed by atoms with Gasteiger partial charge in [-0.05, 0) is 46.2 Å². The summed E-state index contributed by atoms with van der Waals surface area (Å²) in [5, 5.41) is 7.05. The minimum atomic E-state index is -0.208. The van der Waals surface area contributed by atoms with Gasteiger partial charge in [-0.2, -0.15) is 0 Å². The molecule has 0 aromatic heterocycles. The lowest BCUT2D eigenvalue weighted by Gasteiger charge is -2.38. The van der Waals surface area contributed by atoms with Crippen LogP contribution in [-0.4, -0.2) is 61.4 Å². The van der Waals surface area contributed by atoms with Crippen LogP contribution in [0.4, 0.5) is 0 Å². The fraction of sp³-hybridized carbons (Fsp3) is 0.682. The van der Waals surface area contributed by atoms with Crippen LogP contribution in [0, 0.1) is 0 Å². The first-order valence-electron chi connectivity index (χ1n) is 10.7. The predicted octanol–water partition coefficient (Wildman–Crippen LogP) is 2.71. The van der Waals surface area contributed by atoms with E-state index in [9.17, 15) is 0 Å². The van der Waals surface area contributed by atoms with E-state index in [0.717, 1.165) is 37.8 Å². The molecule has 1 aromatic carbocycles. The highest BCUT2D eigenvalue weighted by molar-refractivity contribution is 5.80. The molecular weight excluding hydrogens is 352 g/mol. The summed E-state index contributed by atoms with van der Waals surface area (Å²) in [4.78, 5) is 7.44. The molecule has 0 aliphatic carbocycles. The van der Waals surface area contributed by atoms with Crippen molar-refractivity contribution in [2.45, 2.75) is 63.8 Å². The van der Waals surface area contributed by atoms with Gasteiger partial charge in [-0.25, -0.2) is 0 Å². The number of nitrogens with one attached hydrogen (secondary N) is 2. The van der Waals surface area contributed by atoms with Gasteiger partial charge in [-0.15, -0.1) is 0 Å². The summed E-state index contributed by atoms with van der Waals surface area (Å²) in [5.41, 5.74) is 0.988. The van der Waals surface area contributed by atoms with Crippen molar-refractivity contribution in [3.05, 3.63) is 29.8 Å². The molecule has 4 rings (SSSR count). The molecule has 1 aromatic rings. The van der Waals surface area contributed by atoms with Gasteiger partial charge in [-0.3, -0.25) is 9.89 Å². The Hall–Kier alpha value is -1.79. The van der Waals surface area contributed by atoms with Gasteiger partial charge in [-0.1, -0.05) is 18.2 Å². The number of benzene rings is 1. The van der Waals surface area contributed by atoms with Crippen LogP contribution in [0.3, 0.4) is 0 Å². The summed E-state index contributed by atoms with van der Waals surface area (Å²) in [6.45, 7) is 11.0. The second-order valence-corrected chi connectivity index (χ2v) is 8.77. The van der Waals surface area contributed by atoms with E-state index in [-0.39, 0.29) is 17.7 Å². The Balaban J connectivity index is 1.44. The van der Waals surface area contributed by atoms with E-state index < -0.39 is 0 Å². The average molecular weight is 387 g/mol. The SMILES string of the molecule is CCNC(=NCC1CN2CCCC2CO1)NC1CC(C)(C)Oc2ccccc21. The largest absolute Gasteiger partial charge is 0.487 e. The van der Waals surface area contributed by atoms with Crippen molar-refractivity contribution < 1.29 is 9.47 Å². The third kappa shape index (κ3) is 4.44. The van der Waals surface area contributed by atoms with Crippen LogP contribution in [-0.2, 0) is 4.74 Å². The lowest BCUT2D eigenvalue weighted by molar-refractivity contribution is -0.0432. The van der Waals surface area contributed by atoms with Gasteiger partial charge in [0.15, 0.2) is 5.96 Å². The number of fused-ring (bicyclic) bond motifs is 2. The van der Waals surface area contributed by atoms with Gasteiger partial charge in [0.25, 0.3) is 0 Å². The van der Waals surface area contributed by atoms with Crippen LogP contribution in [0.1, 0.15) is 51.6 Å². The summed E-state index contributed by atoms with van der Waals surface area (Å²) >= 11 is 0. The van der Waals surface area contributed by atoms with Crippen molar-refractivity contribution in [1.82, 2.24) is 15.5 Å². The number of morpholine rings is 1. The maximum atomic E-state index is 6.16. The molecule has 6 heteroatoms. The summed E-state index contributed by atoms with van der Waals surface area (Å²) in [6.07, 6.45) is 3.65. The summed E-state index contributed by atoms with van der Waals surface area (Å²) in [7, 11) is 0. The molecule has 0 amide bonds. The molecule has 2 saturated heterocycles. The standard InChI is InChI=1S/C22H34N4O2/c1-4-23-21(24-13-17-14-26-11-7-8-16(26)15-27-17)25-19-12-22(2,3)28-20-10-6-5-9-18(19)20/h5-6,9-10,16-17,19H,4,7-8,11-15H2,1-3H3,(H2,23,24,25). The minimum absolute atomic E-state index is 0.174. The Morgan fingerprint density at radius 3 is 3.04 bits per heavy atom. The second kappa shape index (κ2) is 8.29. The highest BCUT2D eigenvalue weighted by atomic mass is 16.5. The van der Waals surface area contributed by atoms with E-state index in [0.29, 0.717) is 12.6 Å². The molecule has 3 heterocycles. The number of ether oxygens (including phenoxy) is 2. The number of guanidine groups is 1. The van der Waals surface area contributed by atoms with Crippen LogP contribution in [0.2, 0.25) is 0 Å². The molecule has 2 fully saturated rings. The Morgan fingerprint density at radius 1 is 1.32 bits per heavy atom. The molecule has 2 N–H and O–H groups in total. The topological polar surface area (TPSA) is 58.1 Å². The summed E-state index contributed by atoms with van der Waals surface area (Å²) < 4.78 is 12.2. The van der Waals surface area contributed by atoms with Crippen LogP contribution in [0.5, 0.6) is 5.75 Å². The number of nitrogens with zero attached hydrogens (tertiary/aromatic N) is 2. The Bertz CT molecular complexity index is 706. The molecule has 3 unspecified atom stereocenters. The number of hydrogen-bond donors (Lipinski definition) is 2. The van der Waals surface area contributed by atoms with E-state index >= 15 is 0 Å². The number of aliphatic imine (C=N–C) groups is 1. The van der Waals surface area contributed by atoms with Crippen LogP contribution in [0.25, 0.3) is 0 Å². The maximum Gasteiger partial charge on any atom is 0.191 e. The van der Waals surface area contributed by atoms with E-state index in [1.165, 1.54) is 24.9 Å². The van der Waals surface area contributed by atoms with Gasteiger partial charge >= 0.3 is 0 Å². The molecule has 6 nitrogen and oxygen atoms in total. The molecule has 0 saturated carbocycles. The zero-order chi connectivity index (χ0) is 19.6. The van der Waals surface area contributed by atoms with Gasteiger partial charge < -0.3 is 20.1 Å². The maximum absolute atomic E-state index is 6.16. The Labute approximate surface area is 168 Å². The molecule has 154 valence electrons. The Kier molecular flexibility index (Phi) is 5.78. The van der Waals surface area contributed by atoms with Crippen molar-refractivity contribution in [2.24, 2.45) is 4.99 Å². The predicted molar refractivity (Wildman–Crippen MR) is 112 cm³/mol. The van der Waals surface area contributed by atoms with Crippen LogP contribution in [0.15, 0.2) is 29.3 Å². The van der Waals surface area contributed by atoms with Crippen molar-refractivity contribution in [2.75, 3.05) is 32.8 Å². The van der Waals surface area contributed by atoms with Gasteiger partial charge in [0.2, 0.25) is 0 Å². The molecule has 3 aliphatic rings. The Morgan fingerprint density at radius 2 is 2.18 bits per heavy atom. The monoisotopic (exact) mass is 386 g/mol. The molecule has 0 radical (unpaired) electrons. The van der Waals surface area contributed by atoms with Crippen molar-refractivity contribution in [3.8, 4) is 5.75 Å². The third-order valence-corrected chi connectivity index (χ3v) is 5.95. The minimum Gasteiger partial charge on any atom is -0.487 e. The van der Waals surface area contributed by atoms with Crippen molar-refractivity contribution in [3.63, 3.8) is 0 Å². The quantitative estimate of drug-likeness (QED) is 0.616. The zero-order valence-corrected chi connectivity index (χ0v) is 17.4. The first-order valence-corrected chi connectivity index (χ1v) is 10.7. The highest BCUT2D eigenvalue weighted by Gasteiger charge is 2.34.